The van der Waals surface area contributed by atoms with Crippen molar-refractivity contribution in [1.82, 2.24) is 10.3 Å². The zero-order chi connectivity index (χ0) is 20.1. The van der Waals surface area contributed by atoms with Gasteiger partial charge in [0.05, 0.1) is 6.61 Å². The lowest BCUT2D eigenvalue weighted by Gasteiger charge is -2.10. The second-order valence-corrected chi connectivity index (χ2v) is 5.93. The topological polar surface area (TPSA) is 73.6 Å². The number of nitrogens with zero attached hydrogens (tertiary/aromatic N) is 1. The number of hydrogen-bond donors (Lipinski definition) is 1. The zero-order valence-electron chi connectivity index (χ0n) is 14.9. The molecule has 0 spiro atoms. The first-order valence-electron chi connectivity index (χ1n) is 8.29. The number of methoxy groups -OCH3 is 1. The van der Waals surface area contributed by atoms with E-state index in [1.807, 2.05) is 12.1 Å². The molecule has 3 aromatic rings. The number of halogens is 3. The van der Waals surface area contributed by atoms with Crippen LogP contribution in [0.1, 0.15) is 21.7 Å². The van der Waals surface area contributed by atoms with Crippen LogP contribution in [0.15, 0.2) is 47.0 Å². The molecule has 2 heterocycles. The maximum atomic E-state index is 12.6. The molecule has 0 saturated carbocycles. The first-order chi connectivity index (χ1) is 13.4. The number of amides is 1. The van der Waals surface area contributed by atoms with E-state index >= 15 is 0 Å². The summed E-state index contributed by atoms with van der Waals surface area (Å²) in [7, 11) is 1.52. The molecule has 3 rings (SSSR count). The summed E-state index contributed by atoms with van der Waals surface area (Å²) >= 11 is 0. The molecule has 0 radical (unpaired) electrons. The lowest BCUT2D eigenvalue weighted by Crippen LogP contribution is -2.23. The zero-order valence-corrected chi connectivity index (χ0v) is 14.9. The summed E-state index contributed by atoms with van der Waals surface area (Å²) in [5.41, 5.74) is 1.72. The highest BCUT2D eigenvalue weighted by atomic mass is 19.4. The Bertz CT molecular complexity index is 969. The summed E-state index contributed by atoms with van der Waals surface area (Å²) in [4.78, 5) is 16.3. The van der Waals surface area contributed by atoms with Crippen molar-refractivity contribution >= 4 is 16.9 Å². The fourth-order valence-electron chi connectivity index (χ4n) is 2.63. The van der Waals surface area contributed by atoms with Crippen LogP contribution in [0.4, 0.5) is 13.2 Å². The van der Waals surface area contributed by atoms with Crippen molar-refractivity contribution in [3.05, 3.63) is 59.5 Å². The molecule has 0 aliphatic carbocycles. The predicted molar refractivity (Wildman–Crippen MR) is 93.9 cm³/mol. The molecule has 0 fully saturated rings. The molecular formula is C19H17F3N2O4. The van der Waals surface area contributed by atoms with Crippen molar-refractivity contribution in [2.45, 2.75) is 19.3 Å². The minimum atomic E-state index is -4.45. The van der Waals surface area contributed by atoms with Gasteiger partial charge >= 0.3 is 6.18 Å². The van der Waals surface area contributed by atoms with Gasteiger partial charge in [-0.1, -0.05) is 18.2 Å². The molecule has 1 aromatic carbocycles. The minimum absolute atomic E-state index is 0.0627. The summed E-state index contributed by atoms with van der Waals surface area (Å²) in [6.45, 7) is -1.17. The maximum absolute atomic E-state index is 12.6. The first kappa shape index (κ1) is 19.7. The van der Waals surface area contributed by atoms with E-state index in [1.54, 1.807) is 18.2 Å². The molecular weight excluding hydrogens is 377 g/mol. The van der Waals surface area contributed by atoms with Crippen molar-refractivity contribution in [2.75, 3.05) is 13.7 Å². The van der Waals surface area contributed by atoms with Crippen LogP contribution in [-0.2, 0) is 17.9 Å². The SMILES string of the molecule is COCc1c(C(=O)NCc2ccnc(OCC(F)(F)F)c2)oc2ccccc12. The lowest BCUT2D eigenvalue weighted by molar-refractivity contribution is -0.154. The third kappa shape index (κ3) is 4.80. The van der Waals surface area contributed by atoms with Crippen molar-refractivity contribution < 1.29 is 31.9 Å². The van der Waals surface area contributed by atoms with Gasteiger partial charge in [-0.15, -0.1) is 0 Å². The Balaban J connectivity index is 1.71. The number of fused-ring (bicyclic) bond motifs is 1. The van der Waals surface area contributed by atoms with Crippen molar-refractivity contribution in [3.63, 3.8) is 0 Å². The number of aromatic nitrogens is 1. The number of pyridine rings is 1. The van der Waals surface area contributed by atoms with Gasteiger partial charge in [0, 0.05) is 36.9 Å². The Hall–Kier alpha value is -3.07. The number of para-hydroxylation sites is 1. The van der Waals surface area contributed by atoms with Crippen LogP contribution in [0, 0.1) is 0 Å². The number of ether oxygens (including phenoxy) is 2. The number of hydrogen-bond acceptors (Lipinski definition) is 5. The van der Waals surface area contributed by atoms with E-state index in [-0.39, 0.29) is 24.8 Å². The van der Waals surface area contributed by atoms with E-state index in [9.17, 15) is 18.0 Å². The Morgan fingerprint density at radius 2 is 2.04 bits per heavy atom. The normalized spacial score (nSPS) is 11.6. The van der Waals surface area contributed by atoms with E-state index in [2.05, 4.69) is 15.0 Å². The lowest BCUT2D eigenvalue weighted by atomic mass is 10.1. The highest BCUT2D eigenvalue weighted by Gasteiger charge is 2.28. The van der Waals surface area contributed by atoms with Gasteiger partial charge in [0.1, 0.15) is 5.58 Å². The van der Waals surface area contributed by atoms with Crippen LogP contribution < -0.4 is 10.1 Å². The Kier molecular flexibility index (Phi) is 5.84. The number of furan rings is 1. The van der Waals surface area contributed by atoms with Gasteiger partial charge in [-0.05, 0) is 17.7 Å². The molecule has 1 amide bonds. The fraction of sp³-hybridized carbons (Fsp3) is 0.263. The summed E-state index contributed by atoms with van der Waals surface area (Å²) in [6.07, 6.45) is -3.14. The quantitative estimate of drug-likeness (QED) is 0.659. The van der Waals surface area contributed by atoms with E-state index < -0.39 is 18.7 Å². The number of nitrogens with one attached hydrogen (secondary N) is 1. The molecule has 148 valence electrons. The summed E-state index contributed by atoms with van der Waals surface area (Å²) in [5.74, 6) is -0.503. The molecule has 0 aliphatic rings. The summed E-state index contributed by atoms with van der Waals surface area (Å²) in [5, 5.41) is 3.46. The fourth-order valence-corrected chi connectivity index (χ4v) is 2.63. The van der Waals surface area contributed by atoms with Crippen LogP contribution in [0.25, 0.3) is 11.0 Å². The van der Waals surface area contributed by atoms with E-state index in [1.165, 1.54) is 19.4 Å². The number of carbonyl (C=O) groups excluding carboxylic acids is 1. The highest BCUT2D eigenvalue weighted by Crippen LogP contribution is 2.26. The van der Waals surface area contributed by atoms with Gasteiger partial charge < -0.3 is 19.2 Å². The third-order valence-corrected chi connectivity index (χ3v) is 3.83. The van der Waals surface area contributed by atoms with Gasteiger partial charge in [-0.25, -0.2) is 4.98 Å². The largest absolute Gasteiger partial charge is 0.468 e. The second kappa shape index (κ2) is 8.30. The molecule has 0 atom stereocenters. The van der Waals surface area contributed by atoms with Crippen LogP contribution in [0.3, 0.4) is 0 Å². The van der Waals surface area contributed by atoms with Gasteiger partial charge in [0.25, 0.3) is 5.91 Å². The van der Waals surface area contributed by atoms with Gasteiger partial charge in [0.15, 0.2) is 12.4 Å². The molecule has 9 heteroatoms. The van der Waals surface area contributed by atoms with Crippen molar-refractivity contribution in [2.24, 2.45) is 0 Å². The maximum Gasteiger partial charge on any atom is 0.422 e. The Morgan fingerprint density at radius 1 is 1.25 bits per heavy atom. The average molecular weight is 394 g/mol. The monoisotopic (exact) mass is 394 g/mol. The van der Waals surface area contributed by atoms with E-state index in [4.69, 9.17) is 9.15 Å². The Morgan fingerprint density at radius 3 is 2.79 bits per heavy atom. The van der Waals surface area contributed by atoms with Crippen LogP contribution >= 0.6 is 0 Å². The van der Waals surface area contributed by atoms with Crippen LogP contribution in [-0.4, -0.2) is 30.8 Å². The Labute approximate surface area is 158 Å². The number of alkyl halides is 3. The van der Waals surface area contributed by atoms with Gasteiger partial charge in [-0.3, -0.25) is 4.79 Å². The van der Waals surface area contributed by atoms with Gasteiger partial charge in [0.2, 0.25) is 5.88 Å². The molecule has 0 unspecified atom stereocenters. The number of rotatable bonds is 7. The van der Waals surface area contributed by atoms with Crippen molar-refractivity contribution in [1.29, 1.82) is 0 Å². The van der Waals surface area contributed by atoms with Crippen molar-refractivity contribution in [3.8, 4) is 5.88 Å². The highest BCUT2D eigenvalue weighted by molar-refractivity contribution is 5.99. The standard InChI is InChI=1S/C19H17F3N2O4/c1-26-10-14-13-4-2-3-5-15(13)28-17(14)18(25)24-9-12-6-7-23-16(8-12)27-11-19(20,21)22/h2-8H,9-11H2,1H3,(H,24,25). The number of carbonyl (C=O) groups is 1. The van der Waals surface area contributed by atoms with E-state index in [0.29, 0.717) is 16.7 Å². The van der Waals surface area contributed by atoms with Gasteiger partial charge in [-0.2, -0.15) is 13.2 Å². The molecule has 1 N–H and O–H groups in total. The molecule has 28 heavy (non-hydrogen) atoms. The molecule has 2 aromatic heterocycles. The number of benzene rings is 1. The second-order valence-electron chi connectivity index (χ2n) is 5.93. The van der Waals surface area contributed by atoms with E-state index in [0.717, 1.165) is 5.39 Å². The first-order valence-corrected chi connectivity index (χ1v) is 8.29. The van der Waals surface area contributed by atoms with Crippen LogP contribution in [0.2, 0.25) is 0 Å². The predicted octanol–water partition coefficient (Wildman–Crippen LogP) is 3.85. The molecule has 0 saturated heterocycles. The smallest absolute Gasteiger partial charge is 0.422 e. The molecule has 0 aliphatic heterocycles. The van der Waals surface area contributed by atoms with Crippen LogP contribution in [0.5, 0.6) is 5.88 Å². The minimum Gasteiger partial charge on any atom is -0.468 e. The molecule has 6 nitrogen and oxygen atoms in total. The third-order valence-electron chi connectivity index (χ3n) is 3.83. The average Bonchev–Trinajstić information content (AvgIpc) is 3.03. The summed E-state index contributed by atoms with van der Waals surface area (Å²) < 4.78 is 52.1. The summed E-state index contributed by atoms with van der Waals surface area (Å²) in [6, 6.07) is 10.1. The molecule has 0 bridgehead atoms.